The molecule has 0 amide bonds. The minimum Gasteiger partial charge on any atom is -0.593 e. The lowest BCUT2D eigenvalue weighted by molar-refractivity contribution is -0.274. The summed E-state index contributed by atoms with van der Waals surface area (Å²) in [5.41, 5.74) is 5.23. The third-order valence-electron chi connectivity index (χ3n) is 6.68. The van der Waals surface area contributed by atoms with Gasteiger partial charge in [0.25, 0.3) is 0 Å². The van der Waals surface area contributed by atoms with Crippen LogP contribution in [-0.2, 0) is 28.9 Å². The first-order valence-electron chi connectivity index (χ1n) is 11.7. The van der Waals surface area contributed by atoms with Gasteiger partial charge in [0.15, 0.2) is 4.90 Å². The second kappa shape index (κ2) is 10.2. The highest BCUT2D eigenvalue weighted by Gasteiger charge is 2.36. The van der Waals surface area contributed by atoms with Crippen molar-refractivity contribution in [3.05, 3.63) is 95.1 Å². The highest BCUT2D eigenvalue weighted by molar-refractivity contribution is 7.89. The molecule has 35 heavy (non-hydrogen) atoms. The van der Waals surface area contributed by atoms with E-state index >= 15 is 0 Å². The molecule has 0 radical (unpaired) electrons. The molecule has 3 atom stereocenters. The van der Waals surface area contributed by atoms with Crippen LogP contribution in [0.15, 0.2) is 77.7 Å². The van der Waals surface area contributed by atoms with Crippen LogP contribution in [0.25, 0.3) is 0 Å². The molecule has 2 unspecified atom stereocenters. The van der Waals surface area contributed by atoms with Gasteiger partial charge in [0.1, 0.15) is 5.75 Å². The zero-order valence-corrected chi connectivity index (χ0v) is 19.8. The third kappa shape index (κ3) is 5.67. The number of fused-ring (bicyclic) bond motifs is 2. The van der Waals surface area contributed by atoms with Crippen molar-refractivity contribution in [1.29, 1.82) is 0 Å². The van der Waals surface area contributed by atoms with Crippen molar-refractivity contribution >= 4 is 11.4 Å². The Morgan fingerprint density at radius 3 is 2.09 bits per heavy atom. The predicted molar refractivity (Wildman–Crippen MR) is 128 cm³/mol. The molecular weight excluding hydrogens is 475 g/mol. The van der Waals surface area contributed by atoms with E-state index in [-0.39, 0.29) is 23.8 Å². The number of rotatable bonds is 5. The number of ether oxygens (including phenoxy) is 2. The summed E-state index contributed by atoms with van der Waals surface area (Å²) in [7, 11) is 0. The molecular formula is C27H26F3NO3S. The second-order valence-electron chi connectivity index (χ2n) is 8.91. The SMILES string of the molecule is [O-][S+](N[C@H]1CCOC(C2c3ccccc3CCc3ccccc32)C1)c1ccc(OC(F)(F)F)cc1. The van der Waals surface area contributed by atoms with Gasteiger partial charge in [-0.2, -0.15) is 0 Å². The number of aryl methyl sites for hydroxylation is 2. The molecule has 2 aliphatic rings. The molecule has 1 aliphatic heterocycles. The first kappa shape index (κ1) is 24.2. The molecule has 184 valence electrons. The number of alkyl halides is 3. The van der Waals surface area contributed by atoms with E-state index < -0.39 is 17.7 Å². The summed E-state index contributed by atoms with van der Waals surface area (Å²) < 4.78 is 63.5. The van der Waals surface area contributed by atoms with Gasteiger partial charge < -0.3 is 14.0 Å². The lowest BCUT2D eigenvalue weighted by atomic mass is 9.80. The van der Waals surface area contributed by atoms with Crippen LogP contribution in [0.1, 0.15) is 41.0 Å². The smallest absolute Gasteiger partial charge is 0.573 e. The maximum atomic E-state index is 12.9. The van der Waals surface area contributed by atoms with E-state index in [1.807, 2.05) is 0 Å². The van der Waals surface area contributed by atoms with Crippen LogP contribution in [-0.4, -0.2) is 29.7 Å². The summed E-state index contributed by atoms with van der Waals surface area (Å²) in [5.74, 6) is -0.253. The quantitative estimate of drug-likeness (QED) is 0.458. The molecule has 1 aliphatic carbocycles. The zero-order valence-electron chi connectivity index (χ0n) is 19.0. The molecule has 5 rings (SSSR count). The summed E-state index contributed by atoms with van der Waals surface area (Å²) in [5, 5.41) is 0. The van der Waals surface area contributed by atoms with Crippen LogP contribution in [0.3, 0.4) is 0 Å². The largest absolute Gasteiger partial charge is 0.593 e. The minimum atomic E-state index is -4.76. The average Bonchev–Trinajstić information content (AvgIpc) is 3.00. The Morgan fingerprint density at radius 2 is 1.49 bits per heavy atom. The molecule has 0 bridgehead atoms. The topological polar surface area (TPSA) is 53.5 Å². The Balaban J connectivity index is 1.33. The van der Waals surface area contributed by atoms with Gasteiger partial charge in [0.2, 0.25) is 0 Å². The van der Waals surface area contributed by atoms with Crippen molar-refractivity contribution in [2.45, 2.75) is 55.0 Å². The van der Waals surface area contributed by atoms with E-state index in [0.29, 0.717) is 24.3 Å². The fraction of sp³-hybridized carbons (Fsp3) is 0.333. The predicted octanol–water partition coefficient (Wildman–Crippen LogP) is 5.68. The van der Waals surface area contributed by atoms with Gasteiger partial charge in [-0.15, -0.1) is 17.9 Å². The molecule has 0 saturated carbocycles. The highest BCUT2D eigenvalue weighted by atomic mass is 32.2. The molecule has 1 fully saturated rings. The first-order valence-corrected chi connectivity index (χ1v) is 12.8. The van der Waals surface area contributed by atoms with Gasteiger partial charge >= 0.3 is 6.36 Å². The van der Waals surface area contributed by atoms with E-state index in [1.54, 1.807) is 0 Å². The normalized spacial score (nSPS) is 21.5. The minimum absolute atomic E-state index is 0.0525. The van der Waals surface area contributed by atoms with Crippen LogP contribution < -0.4 is 9.46 Å². The Bertz CT molecular complexity index is 1110. The molecule has 1 saturated heterocycles. The summed E-state index contributed by atoms with van der Waals surface area (Å²) in [6, 6.07) is 22.1. The van der Waals surface area contributed by atoms with Crippen molar-refractivity contribution in [2.75, 3.05) is 6.61 Å². The number of benzene rings is 3. The van der Waals surface area contributed by atoms with Crippen LogP contribution in [0.4, 0.5) is 13.2 Å². The second-order valence-corrected chi connectivity index (χ2v) is 10.2. The lowest BCUT2D eigenvalue weighted by Gasteiger charge is -2.36. The molecule has 1 N–H and O–H groups in total. The number of hydrogen-bond donors (Lipinski definition) is 1. The van der Waals surface area contributed by atoms with Gasteiger partial charge in [-0.1, -0.05) is 48.5 Å². The average molecular weight is 502 g/mol. The van der Waals surface area contributed by atoms with E-state index in [1.165, 1.54) is 46.5 Å². The lowest BCUT2D eigenvalue weighted by Crippen LogP contribution is -2.44. The van der Waals surface area contributed by atoms with Crippen molar-refractivity contribution in [3.8, 4) is 5.75 Å². The Hall–Kier alpha value is -2.52. The fourth-order valence-corrected chi connectivity index (χ4v) is 6.16. The zero-order chi connectivity index (χ0) is 24.4. The molecule has 4 nitrogen and oxygen atoms in total. The monoisotopic (exact) mass is 501 g/mol. The van der Waals surface area contributed by atoms with Gasteiger partial charge in [-0.05, 0) is 72.2 Å². The van der Waals surface area contributed by atoms with Gasteiger partial charge in [-0.3, -0.25) is 0 Å². The summed E-state index contributed by atoms with van der Waals surface area (Å²) in [6.45, 7) is 0.540. The van der Waals surface area contributed by atoms with Crippen LogP contribution in [0.2, 0.25) is 0 Å². The summed E-state index contributed by atoms with van der Waals surface area (Å²) in [4.78, 5) is 0.396. The van der Waals surface area contributed by atoms with E-state index in [0.717, 1.165) is 12.8 Å². The summed E-state index contributed by atoms with van der Waals surface area (Å²) in [6.07, 6.45) is -1.50. The van der Waals surface area contributed by atoms with Gasteiger partial charge in [-0.25, -0.2) is 0 Å². The molecule has 1 heterocycles. The van der Waals surface area contributed by atoms with E-state index in [9.17, 15) is 17.7 Å². The maximum absolute atomic E-state index is 12.9. The number of halogens is 3. The molecule has 0 aromatic heterocycles. The molecule has 8 heteroatoms. The molecule has 3 aromatic rings. The molecule has 3 aromatic carbocycles. The Morgan fingerprint density at radius 1 is 0.886 bits per heavy atom. The van der Waals surface area contributed by atoms with Crippen LogP contribution >= 0.6 is 0 Å². The van der Waals surface area contributed by atoms with E-state index in [2.05, 4.69) is 58.0 Å². The number of nitrogens with one attached hydrogen (secondary N) is 1. The van der Waals surface area contributed by atoms with Crippen molar-refractivity contribution < 1.29 is 27.2 Å². The van der Waals surface area contributed by atoms with Crippen LogP contribution in [0.5, 0.6) is 5.75 Å². The van der Waals surface area contributed by atoms with Crippen LogP contribution in [0, 0.1) is 0 Å². The van der Waals surface area contributed by atoms with E-state index in [4.69, 9.17) is 4.74 Å². The van der Waals surface area contributed by atoms with Gasteiger partial charge in [0, 0.05) is 12.5 Å². The third-order valence-corrected chi connectivity index (χ3v) is 7.92. The van der Waals surface area contributed by atoms with Crippen molar-refractivity contribution in [2.24, 2.45) is 0 Å². The summed E-state index contributed by atoms with van der Waals surface area (Å²) >= 11 is -1.57. The van der Waals surface area contributed by atoms with Gasteiger partial charge in [0.05, 0.1) is 23.5 Å². The standard InChI is InChI=1S/C27H26F3NO3S/c28-27(29,30)34-21-11-13-22(14-12-21)35(32)31-20-15-16-33-25(17-20)26-23-7-3-1-5-18(23)9-10-19-6-2-4-8-24(19)26/h1-8,11-14,20,25-26,31H,9-10,15-17H2/t20-,25?,35?/m0/s1. The first-order chi connectivity index (χ1) is 16.9. The maximum Gasteiger partial charge on any atom is 0.573 e. The Kier molecular flexibility index (Phi) is 7.07. The fourth-order valence-electron chi connectivity index (χ4n) is 5.12. The Labute approximate surface area is 205 Å². The highest BCUT2D eigenvalue weighted by Crippen LogP contribution is 2.40. The number of hydrogen-bond acceptors (Lipinski definition) is 4. The molecule has 0 spiro atoms. The van der Waals surface area contributed by atoms with Crippen molar-refractivity contribution in [3.63, 3.8) is 0 Å². The van der Waals surface area contributed by atoms with Crippen molar-refractivity contribution in [1.82, 2.24) is 4.72 Å².